The smallest absolute Gasteiger partial charge is 0.0299 e. The fourth-order valence-corrected chi connectivity index (χ4v) is 1.92. The highest BCUT2D eigenvalue weighted by molar-refractivity contribution is 7.09. The number of hydrogen-bond donors (Lipinski definition) is 2. The molecule has 80 valence electrons. The minimum absolute atomic E-state index is 0.247. The van der Waals surface area contributed by atoms with Crippen molar-refractivity contribution in [2.45, 2.75) is 26.8 Å². The number of nitrogens with one attached hydrogen (secondary N) is 1. The van der Waals surface area contributed by atoms with Crippen molar-refractivity contribution in [1.82, 2.24) is 5.32 Å². The molecular formula is C11H20N2S. The lowest BCUT2D eigenvalue weighted by Crippen LogP contribution is -2.37. The molecule has 0 aliphatic rings. The molecule has 1 atom stereocenters. The van der Waals surface area contributed by atoms with Crippen molar-refractivity contribution >= 4 is 11.3 Å². The van der Waals surface area contributed by atoms with Crippen LogP contribution in [0.25, 0.3) is 0 Å². The molecule has 3 heteroatoms. The second-order valence-electron chi connectivity index (χ2n) is 4.05. The molecule has 0 amide bonds. The summed E-state index contributed by atoms with van der Waals surface area (Å²) in [5.74, 6) is 0. The van der Waals surface area contributed by atoms with E-state index in [9.17, 15) is 0 Å². The lowest BCUT2D eigenvalue weighted by atomic mass is 9.88. The van der Waals surface area contributed by atoms with Gasteiger partial charge >= 0.3 is 0 Å². The van der Waals surface area contributed by atoms with Gasteiger partial charge in [0.15, 0.2) is 0 Å². The van der Waals surface area contributed by atoms with Crippen LogP contribution >= 0.6 is 11.3 Å². The summed E-state index contributed by atoms with van der Waals surface area (Å²) < 4.78 is 0. The predicted octanol–water partition coefficient (Wildman–Crippen LogP) is 2.21. The molecule has 1 rings (SSSR count). The quantitative estimate of drug-likeness (QED) is 0.759. The van der Waals surface area contributed by atoms with Gasteiger partial charge in [0.05, 0.1) is 0 Å². The number of hydrogen-bond acceptors (Lipinski definition) is 3. The van der Waals surface area contributed by atoms with Gasteiger partial charge < -0.3 is 11.1 Å². The average Bonchev–Trinajstić information content (AvgIpc) is 2.70. The molecule has 1 aromatic rings. The molecule has 0 aromatic carbocycles. The van der Waals surface area contributed by atoms with Crippen LogP contribution in [-0.4, -0.2) is 13.1 Å². The lowest BCUT2D eigenvalue weighted by Gasteiger charge is -2.26. The molecule has 0 aliphatic carbocycles. The van der Waals surface area contributed by atoms with Crippen LogP contribution in [0.3, 0.4) is 0 Å². The Morgan fingerprint density at radius 2 is 2.36 bits per heavy atom. The Balaban J connectivity index is 2.27. The Hall–Kier alpha value is -0.380. The van der Waals surface area contributed by atoms with Gasteiger partial charge in [-0.05, 0) is 29.8 Å². The molecule has 14 heavy (non-hydrogen) atoms. The average molecular weight is 212 g/mol. The number of nitrogens with two attached hydrogens (primary N) is 1. The Bertz CT molecular complexity index is 240. The van der Waals surface area contributed by atoms with Crippen LogP contribution in [0.15, 0.2) is 17.5 Å². The molecule has 0 fully saturated rings. The zero-order valence-electron chi connectivity index (χ0n) is 9.05. The summed E-state index contributed by atoms with van der Waals surface area (Å²) in [7, 11) is 0. The van der Waals surface area contributed by atoms with Crippen LogP contribution in [-0.2, 0) is 6.54 Å². The molecule has 2 nitrogen and oxygen atoms in total. The molecule has 0 radical (unpaired) electrons. The van der Waals surface area contributed by atoms with Crippen molar-refractivity contribution in [3.05, 3.63) is 22.4 Å². The van der Waals surface area contributed by atoms with E-state index >= 15 is 0 Å². The summed E-state index contributed by atoms with van der Waals surface area (Å²) in [5.41, 5.74) is 5.99. The fourth-order valence-electron chi connectivity index (χ4n) is 1.24. The van der Waals surface area contributed by atoms with Crippen molar-refractivity contribution in [3.63, 3.8) is 0 Å². The van der Waals surface area contributed by atoms with Gasteiger partial charge in [0.1, 0.15) is 0 Å². The highest BCUT2D eigenvalue weighted by Gasteiger charge is 2.18. The molecule has 1 heterocycles. The molecule has 1 aromatic heterocycles. The van der Waals surface area contributed by atoms with Crippen molar-refractivity contribution in [2.24, 2.45) is 11.1 Å². The third-order valence-corrected chi connectivity index (χ3v) is 3.65. The summed E-state index contributed by atoms with van der Waals surface area (Å²) in [5, 5.41) is 5.57. The maximum Gasteiger partial charge on any atom is 0.0299 e. The Morgan fingerprint density at radius 1 is 1.57 bits per heavy atom. The van der Waals surface area contributed by atoms with Crippen molar-refractivity contribution in [3.8, 4) is 0 Å². The Kier molecular flexibility index (Phi) is 4.58. The Morgan fingerprint density at radius 3 is 2.86 bits per heavy atom. The van der Waals surface area contributed by atoms with E-state index in [4.69, 9.17) is 5.73 Å². The van der Waals surface area contributed by atoms with E-state index in [-0.39, 0.29) is 5.41 Å². The lowest BCUT2D eigenvalue weighted by molar-refractivity contribution is 0.303. The highest BCUT2D eigenvalue weighted by atomic mass is 32.1. The van der Waals surface area contributed by atoms with E-state index in [2.05, 4.69) is 36.7 Å². The molecule has 0 saturated carbocycles. The monoisotopic (exact) mass is 212 g/mol. The van der Waals surface area contributed by atoms with Crippen molar-refractivity contribution in [2.75, 3.05) is 13.1 Å². The van der Waals surface area contributed by atoms with E-state index in [1.807, 2.05) is 0 Å². The summed E-state index contributed by atoms with van der Waals surface area (Å²) >= 11 is 1.79. The Labute approximate surface area is 90.5 Å². The normalized spacial score (nSPS) is 15.4. The van der Waals surface area contributed by atoms with Crippen LogP contribution in [0.5, 0.6) is 0 Å². The SMILES string of the molecule is CCC(C)(CN)CNCc1cccs1. The third kappa shape index (κ3) is 3.40. The van der Waals surface area contributed by atoms with Gasteiger partial charge in [0, 0.05) is 18.0 Å². The first-order chi connectivity index (χ1) is 6.70. The first-order valence-corrected chi connectivity index (χ1v) is 6.01. The minimum Gasteiger partial charge on any atom is -0.330 e. The standard InChI is InChI=1S/C11H20N2S/c1-3-11(2,8-12)9-13-7-10-5-4-6-14-10/h4-6,13H,3,7-9,12H2,1-2H3. The van der Waals surface area contributed by atoms with Crippen LogP contribution in [0.4, 0.5) is 0 Å². The number of rotatable bonds is 6. The summed E-state index contributed by atoms with van der Waals surface area (Å²) in [4.78, 5) is 1.39. The number of thiophene rings is 1. The van der Waals surface area contributed by atoms with Gasteiger partial charge in [-0.25, -0.2) is 0 Å². The van der Waals surface area contributed by atoms with E-state index in [1.54, 1.807) is 11.3 Å². The van der Waals surface area contributed by atoms with Gasteiger partial charge in [0.25, 0.3) is 0 Å². The van der Waals surface area contributed by atoms with Gasteiger partial charge in [-0.3, -0.25) is 0 Å². The molecule has 0 aliphatic heterocycles. The zero-order chi connectivity index (χ0) is 10.4. The van der Waals surface area contributed by atoms with Gasteiger partial charge in [-0.1, -0.05) is 19.9 Å². The largest absolute Gasteiger partial charge is 0.330 e. The van der Waals surface area contributed by atoms with Gasteiger partial charge in [-0.15, -0.1) is 11.3 Å². The minimum atomic E-state index is 0.247. The summed E-state index contributed by atoms with van der Waals surface area (Å²) in [6.07, 6.45) is 1.13. The van der Waals surface area contributed by atoms with Crippen LogP contribution in [0.2, 0.25) is 0 Å². The summed E-state index contributed by atoms with van der Waals surface area (Å²) in [6.45, 7) is 7.14. The van der Waals surface area contributed by atoms with Crippen LogP contribution in [0.1, 0.15) is 25.1 Å². The van der Waals surface area contributed by atoms with Crippen molar-refractivity contribution < 1.29 is 0 Å². The van der Waals surface area contributed by atoms with E-state index < -0.39 is 0 Å². The zero-order valence-corrected chi connectivity index (χ0v) is 9.86. The molecule has 3 N–H and O–H groups in total. The van der Waals surface area contributed by atoms with Crippen molar-refractivity contribution in [1.29, 1.82) is 0 Å². The van der Waals surface area contributed by atoms with Crippen LogP contribution < -0.4 is 11.1 Å². The van der Waals surface area contributed by atoms with Crippen LogP contribution in [0, 0.1) is 5.41 Å². The first kappa shape index (κ1) is 11.7. The molecule has 0 saturated heterocycles. The molecular weight excluding hydrogens is 192 g/mol. The van der Waals surface area contributed by atoms with E-state index in [1.165, 1.54) is 4.88 Å². The second-order valence-corrected chi connectivity index (χ2v) is 5.08. The van der Waals surface area contributed by atoms with Gasteiger partial charge in [0.2, 0.25) is 0 Å². The third-order valence-electron chi connectivity index (χ3n) is 2.78. The topological polar surface area (TPSA) is 38.0 Å². The summed E-state index contributed by atoms with van der Waals surface area (Å²) in [6, 6.07) is 4.24. The molecule has 1 unspecified atom stereocenters. The van der Waals surface area contributed by atoms with E-state index in [0.717, 1.165) is 26.1 Å². The fraction of sp³-hybridized carbons (Fsp3) is 0.636. The molecule has 0 spiro atoms. The van der Waals surface area contributed by atoms with E-state index in [0.29, 0.717) is 0 Å². The predicted molar refractivity (Wildman–Crippen MR) is 63.5 cm³/mol. The highest BCUT2D eigenvalue weighted by Crippen LogP contribution is 2.18. The maximum atomic E-state index is 5.74. The molecule has 0 bridgehead atoms. The second kappa shape index (κ2) is 5.49. The van der Waals surface area contributed by atoms with Gasteiger partial charge in [-0.2, -0.15) is 0 Å². The maximum absolute atomic E-state index is 5.74. The first-order valence-electron chi connectivity index (χ1n) is 5.13.